The molecule has 3 heterocycles. The molecule has 2 amide bonds. The van der Waals surface area contributed by atoms with Crippen LogP contribution in [0, 0.1) is 18.3 Å². The number of halogens is 2. The van der Waals surface area contributed by atoms with E-state index in [0.29, 0.717) is 17.0 Å². The number of hydrogen-bond acceptors (Lipinski definition) is 7. The lowest BCUT2D eigenvalue weighted by Gasteiger charge is -2.13. The second-order valence-electron chi connectivity index (χ2n) is 7.47. The lowest BCUT2D eigenvalue weighted by Crippen LogP contribution is -2.20. The average Bonchev–Trinajstić information content (AvgIpc) is 3.43. The minimum atomic E-state index is -3.59. The number of rotatable bonds is 7. The number of hydrogen-bond donors (Lipinski definition) is 2. The number of amides is 2. The quantitative estimate of drug-likeness (QED) is 0.387. The topological polar surface area (TPSA) is 153 Å². The van der Waals surface area contributed by atoms with Crippen molar-refractivity contribution in [2.75, 3.05) is 5.32 Å². The molecule has 3 N–H and O–H groups in total. The number of nitrogens with two attached hydrogens (primary N) is 1. The predicted molar refractivity (Wildman–Crippen MR) is 120 cm³/mol. The normalized spacial score (nSPS) is 11.3. The molecule has 0 atom stereocenters. The van der Waals surface area contributed by atoms with Crippen molar-refractivity contribution in [1.82, 2.24) is 19.9 Å². The summed E-state index contributed by atoms with van der Waals surface area (Å²) < 4.78 is 35.6. The molecular weight excluding hydrogens is 460 g/mol. The van der Waals surface area contributed by atoms with Gasteiger partial charge in [0.05, 0.1) is 22.5 Å². The number of nitrogens with zero attached hydrogens (tertiary/aromatic N) is 5. The maximum absolute atomic E-state index is 14.7. The second-order valence-corrected chi connectivity index (χ2v) is 7.47. The number of carbonyl (C=O) groups excluding carboxylic acids is 2. The summed E-state index contributed by atoms with van der Waals surface area (Å²) in [4.78, 5) is 29.1. The standard InChI is InChI=1S/C23H17F2N7O3/c1-3-23(24,25)20-19(12(2)32(30-20)11-14-8-13(10-26)31-35-14)29-22(34)16-9-18(21(27)33)28-17-7-5-4-6-15(16)17/h3-9H,1,11H2,2H3,(H2,27,33)(H,29,34). The van der Waals surface area contributed by atoms with Gasteiger partial charge in [-0.2, -0.15) is 19.1 Å². The molecule has 0 bridgehead atoms. The van der Waals surface area contributed by atoms with E-state index in [0.717, 1.165) is 0 Å². The number of allylic oxidation sites excluding steroid dienone is 1. The summed E-state index contributed by atoms with van der Waals surface area (Å²) >= 11 is 0. The predicted octanol–water partition coefficient (Wildman–Crippen LogP) is 3.28. The van der Waals surface area contributed by atoms with Crippen LogP contribution in [-0.4, -0.2) is 31.7 Å². The molecule has 1 aromatic carbocycles. The second kappa shape index (κ2) is 8.79. The van der Waals surface area contributed by atoms with Crippen LogP contribution in [0.15, 0.2) is 53.6 Å². The molecule has 0 aliphatic rings. The highest BCUT2D eigenvalue weighted by atomic mass is 19.3. The minimum absolute atomic E-state index is 0.0123. The van der Waals surface area contributed by atoms with E-state index in [4.69, 9.17) is 15.5 Å². The number of primary amides is 1. The third kappa shape index (κ3) is 4.34. The van der Waals surface area contributed by atoms with E-state index in [1.54, 1.807) is 30.3 Å². The van der Waals surface area contributed by atoms with E-state index in [2.05, 4.69) is 27.1 Å². The molecule has 0 radical (unpaired) electrons. The first kappa shape index (κ1) is 23.2. The summed E-state index contributed by atoms with van der Waals surface area (Å²) in [6.07, 6.45) is 0.407. The molecule has 12 heteroatoms. The third-order valence-corrected chi connectivity index (χ3v) is 5.21. The molecule has 0 aliphatic heterocycles. The summed E-state index contributed by atoms with van der Waals surface area (Å²) in [7, 11) is 0. The van der Waals surface area contributed by atoms with E-state index >= 15 is 0 Å². The van der Waals surface area contributed by atoms with Crippen LogP contribution in [0.1, 0.15) is 43.7 Å². The number of carbonyl (C=O) groups is 2. The van der Waals surface area contributed by atoms with Crippen LogP contribution >= 0.6 is 0 Å². The van der Waals surface area contributed by atoms with Crippen LogP contribution in [0.5, 0.6) is 0 Å². The molecule has 0 spiro atoms. The van der Waals surface area contributed by atoms with Crippen LogP contribution in [-0.2, 0) is 12.5 Å². The fourth-order valence-electron chi connectivity index (χ4n) is 3.44. The molecule has 4 rings (SSSR count). The first-order chi connectivity index (χ1) is 16.6. The number of fused-ring (bicyclic) bond motifs is 1. The third-order valence-electron chi connectivity index (χ3n) is 5.21. The number of aromatic nitrogens is 4. The van der Waals surface area contributed by atoms with Gasteiger partial charge in [-0.25, -0.2) is 4.98 Å². The van der Waals surface area contributed by atoms with E-state index in [9.17, 15) is 18.4 Å². The smallest absolute Gasteiger partial charge is 0.311 e. The Balaban J connectivity index is 1.79. The number of para-hydroxylation sites is 1. The van der Waals surface area contributed by atoms with Crippen molar-refractivity contribution < 1.29 is 22.9 Å². The number of benzene rings is 1. The largest absolute Gasteiger partial charge is 0.364 e. The van der Waals surface area contributed by atoms with Crippen molar-refractivity contribution >= 4 is 28.4 Å². The minimum Gasteiger partial charge on any atom is -0.364 e. The monoisotopic (exact) mass is 477 g/mol. The lowest BCUT2D eigenvalue weighted by atomic mass is 10.1. The van der Waals surface area contributed by atoms with Crippen molar-refractivity contribution in [3.8, 4) is 6.07 Å². The molecule has 4 aromatic rings. The Bertz CT molecular complexity index is 1530. The molecule has 35 heavy (non-hydrogen) atoms. The van der Waals surface area contributed by atoms with Gasteiger partial charge in [0.1, 0.15) is 18.3 Å². The van der Waals surface area contributed by atoms with Gasteiger partial charge in [0.25, 0.3) is 11.8 Å². The molecule has 0 saturated carbocycles. The van der Waals surface area contributed by atoms with Gasteiger partial charge < -0.3 is 15.6 Å². The first-order valence-electron chi connectivity index (χ1n) is 10.1. The van der Waals surface area contributed by atoms with Crippen molar-refractivity contribution in [1.29, 1.82) is 5.26 Å². The van der Waals surface area contributed by atoms with Gasteiger partial charge in [-0.05, 0) is 25.1 Å². The highest BCUT2D eigenvalue weighted by molar-refractivity contribution is 6.14. The SMILES string of the molecule is C=CC(F)(F)c1nn(Cc2cc(C#N)no2)c(C)c1NC(=O)c1cc(C(N)=O)nc2ccccc12. The van der Waals surface area contributed by atoms with E-state index in [1.165, 1.54) is 23.7 Å². The Hall–Kier alpha value is -4.92. The van der Waals surface area contributed by atoms with Crippen LogP contribution in [0.25, 0.3) is 10.9 Å². The lowest BCUT2D eigenvalue weighted by molar-refractivity contribution is 0.0476. The summed E-state index contributed by atoms with van der Waals surface area (Å²) in [6.45, 7) is 4.51. The van der Waals surface area contributed by atoms with Crippen LogP contribution in [0.2, 0.25) is 0 Å². The maximum atomic E-state index is 14.7. The molecule has 0 saturated heterocycles. The van der Waals surface area contributed by atoms with Gasteiger partial charge in [-0.1, -0.05) is 29.9 Å². The van der Waals surface area contributed by atoms with Crippen LogP contribution < -0.4 is 11.1 Å². The maximum Gasteiger partial charge on any atom is 0.311 e. The molecule has 0 aliphatic carbocycles. The summed E-state index contributed by atoms with van der Waals surface area (Å²) in [5.41, 5.74) is 4.74. The molecule has 0 unspecified atom stereocenters. The van der Waals surface area contributed by atoms with Crippen molar-refractivity contribution in [3.63, 3.8) is 0 Å². The van der Waals surface area contributed by atoms with Gasteiger partial charge in [0.15, 0.2) is 17.1 Å². The van der Waals surface area contributed by atoms with Gasteiger partial charge in [0, 0.05) is 11.5 Å². The highest BCUT2D eigenvalue weighted by Crippen LogP contribution is 2.36. The Morgan fingerprint density at radius 2 is 2.09 bits per heavy atom. The van der Waals surface area contributed by atoms with Crippen molar-refractivity contribution in [2.24, 2.45) is 5.73 Å². The van der Waals surface area contributed by atoms with Crippen molar-refractivity contribution in [2.45, 2.75) is 19.4 Å². The number of anilines is 1. The van der Waals surface area contributed by atoms with E-state index < -0.39 is 23.4 Å². The first-order valence-corrected chi connectivity index (χ1v) is 10.1. The van der Waals surface area contributed by atoms with Gasteiger partial charge in [0.2, 0.25) is 0 Å². The molecule has 10 nitrogen and oxygen atoms in total. The zero-order valence-corrected chi connectivity index (χ0v) is 18.2. The summed E-state index contributed by atoms with van der Waals surface area (Å²) in [6, 6.07) is 10.9. The molecule has 176 valence electrons. The number of alkyl halides is 2. The van der Waals surface area contributed by atoms with Crippen molar-refractivity contribution in [3.05, 3.63) is 83.2 Å². The number of nitrogens with one attached hydrogen (secondary N) is 1. The van der Waals surface area contributed by atoms with Gasteiger partial charge in [-0.3, -0.25) is 14.3 Å². The van der Waals surface area contributed by atoms with Crippen LogP contribution in [0.3, 0.4) is 0 Å². The molecular formula is C23H17F2N7O3. The Kier molecular flexibility index (Phi) is 5.84. The summed E-state index contributed by atoms with van der Waals surface area (Å²) in [5, 5.41) is 19.3. The van der Waals surface area contributed by atoms with E-state index in [-0.39, 0.29) is 40.6 Å². The molecule has 0 fully saturated rings. The number of nitriles is 1. The van der Waals surface area contributed by atoms with Crippen LogP contribution in [0.4, 0.5) is 14.5 Å². The van der Waals surface area contributed by atoms with E-state index in [1.807, 2.05) is 0 Å². The van der Waals surface area contributed by atoms with Gasteiger partial charge in [-0.15, -0.1) is 0 Å². The Morgan fingerprint density at radius 1 is 1.34 bits per heavy atom. The zero-order chi connectivity index (χ0) is 25.3. The Labute approximate surface area is 196 Å². The average molecular weight is 477 g/mol. The summed E-state index contributed by atoms with van der Waals surface area (Å²) in [5.74, 6) is -5.02. The number of pyridine rings is 1. The highest BCUT2D eigenvalue weighted by Gasteiger charge is 2.36. The Morgan fingerprint density at radius 3 is 2.74 bits per heavy atom. The molecule has 3 aromatic heterocycles. The van der Waals surface area contributed by atoms with Gasteiger partial charge >= 0.3 is 5.92 Å². The zero-order valence-electron chi connectivity index (χ0n) is 18.2. The fraction of sp³-hybridized carbons (Fsp3) is 0.130. The fourth-order valence-corrected chi connectivity index (χ4v) is 3.44.